The molecule has 0 saturated heterocycles. The van der Waals surface area contributed by atoms with Gasteiger partial charge in [0.2, 0.25) is 0 Å². The third kappa shape index (κ3) is 3.59. The maximum Gasteiger partial charge on any atom is 0.261 e. The molecule has 27 heavy (non-hydrogen) atoms. The average Bonchev–Trinajstić information content (AvgIpc) is 2.93. The van der Waals surface area contributed by atoms with Crippen LogP contribution in [0.5, 0.6) is 5.75 Å². The van der Waals surface area contributed by atoms with Crippen LogP contribution in [0.25, 0.3) is 0 Å². The van der Waals surface area contributed by atoms with Gasteiger partial charge in [0.15, 0.2) is 0 Å². The number of nitrogens with one attached hydrogen (secondary N) is 1. The molecular weight excluding hydrogens is 360 g/mol. The van der Waals surface area contributed by atoms with Gasteiger partial charge in [0.05, 0.1) is 16.0 Å². The van der Waals surface area contributed by atoms with Gasteiger partial charge in [-0.15, -0.1) is 11.8 Å². The molecule has 6 heteroatoms. The number of hydrogen-bond donors (Lipinski definition) is 1. The number of carbonyl (C=O) groups is 2. The highest BCUT2D eigenvalue weighted by Crippen LogP contribution is 2.37. The van der Waals surface area contributed by atoms with E-state index >= 15 is 0 Å². The molecule has 5 nitrogen and oxygen atoms in total. The van der Waals surface area contributed by atoms with E-state index in [1.165, 1.54) is 21.8 Å². The number of imide groups is 1. The number of thioether (sulfide) groups is 1. The Balaban J connectivity index is 1.33. The lowest BCUT2D eigenvalue weighted by Gasteiger charge is -2.23. The molecule has 0 aromatic heterocycles. The molecule has 2 amide bonds. The Hall–Kier alpha value is -2.31. The molecule has 0 radical (unpaired) electrons. The predicted molar refractivity (Wildman–Crippen MR) is 105 cm³/mol. The summed E-state index contributed by atoms with van der Waals surface area (Å²) in [6.45, 7) is 2.74. The van der Waals surface area contributed by atoms with E-state index in [0.29, 0.717) is 24.2 Å². The molecular formula is C21H22N2O3S. The number of amides is 2. The zero-order valence-electron chi connectivity index (χ0n) is 15.2. The minimum Gasteiger partial charge on any atom is -0.474 e. The highest BCUT2D eigenvalue weighted by atomic mass is 32.2. The first kappa shape index (κ1) is 18.1. The molecule has 0 spiro atoms. The molecule has 0 aliphatic carbocycles. The first-order valence-electron chi connectivity index (χ1n) is 9.25. The molecule has 0 saturated carbocycles. The van der Waals surface area contributed by atoms with Crippen LogP contribution in [-0.2, 0) is 6.42 Å². The van der Waals surface area contributed by atoms with Crippen molar-refractivity contribution in [2.45, 2.75) is 30.9 Å². The van der Waals surface area contributed by atoms with Crippen LogP contribution in [-0.4, -0.2) is 41.8 Å². The standard InChI is InChI=1S/C21H22N2O3S/c1-14(26-18-10-4-6-15-7-5-13-27-19(15)18)22-11-12-23-20(24)16-8-2-3-9-17(16)21(23)25/h2-4,6,8-10,14,22H,5,7,11-13H2,1H3. The van der Waals surface area contributed by atoms with E-state index in [4.69, 9.17) is 4.74 Å². The minimum absolute atomic E-state index is 0.214. The fraction of sp³-hybridized carbons (Fsp3) is 0.333. The topological polar surface area (TPSA) is 58.6 Å². The van der Waals surface area contributed by atoms with Gasteiger partial charge < -0.3 is 4.74 Å². The Morgan fingerprint density at radius 3 is 2.59 bits per heavy atom. The highest BCUT2D eigenvalue weighted by molar-refractivity contribution is 7.99. The van der Waals surface area contributed by atoms with E-state index in [1.807, 2.05) is 30.8 Å². The van der Waals surface area contributed by atoms with Crippen LogP contribution in [0.1, 0.15) is 39.6 Å². The molecule has 0 fully saturated rings. The quantitative estimate of drug-likeness (QED) is 0.613. The molecule has 4 rings (SSSR count). The molecule has 140 valence electrons. The van der Waals surface area contributed by atoms with Crippen molar-refractivity contribution in [2.75, 3.05) is 18.8 Å². The first-order chi connectivity index (χ1) is 13.1. The van der Waals surface area contributed by atoms with E-state index in [0.717, 1.165) is 17.9 Å². The number of rotatable bonds is 6. The third-order valence-electron chi connectivity index (χ3n) is 4.85. The third-order valence-corrected chi connectivity index (χ3v) is 6.09. The summed E-state index contributed by atoms with van der Waals surface area (Å²) >= 11 is 1.84. The van der Waals surface area contributed by atoms with Crippen LogP contribution < -0.4 is 10.1 Å². The molecule has 2 aliphatic rings. The fourth-order valence-electron chi connectivity index (χ4n) is 3.51. The maximum atomic E-state index is 12.4. The summed E-state index contributed by atoms with van der Waals surface area (Å²) in [4.78, 5) is 27.3. The second-order valence-corrected chi connectivity index (χ2v) is 7.82. The van der Waals surface area contributed by atoms with Gasteiger partial charge in [-0.1, -0.05) is 24.3 Å². The summed E-state index contributed by atoms with van der Waals surface area (Å²) in [5, 5.41) is 3.26. The van der Waals surface area contributed by atoms with E-state index < -0.39 is 0 Å². The van der Waals surface area contributed by atoms with Crippen LogP contribution in [0.3, 0.4) is 0 Å². The molecule has 1 unspecified atom stereocenters. The van der Waals surface area contributed by atoms with E-state index in [-0.39, 0.29) is 18.0 Å². The second-order valence-electron chi connectivity index (χ2n) is 6.72. The molecule has 2 aliphatic heterocycles. The van der Waals surface area contributed by atoms with Crippen LogP contribution in [0.4, 0.5) is 0 Å². The number of fused-ring (bicyclic) bond motifs is 2. The number of nitrogens with zero attached hydrogens (tertiary/aromatic N) is 1. The largest absolute Gasteiger partial charge is 0.474 e. The second kappa shape index (κ2) is 7.74. The lowest BCUT2D eigenvalue weighted by molar-refractivity contribution is 0.0646. The van der Waals surface area contributed by atoms with Crippen LogP contribution in [0.2, 0.25) is 0 Å². The fourth-order valence-corrected chi connectivity index (χ4v) is 4.61. The molecule has 2 aromatic rings. The molecule has 2 heterocycles. The molecule has 2 aromatic carbocycles. The number of hydrogen-bond acceptors (Lipinski definition) is 5. The summed E-state index contributed by atoms with van der Waals surface area (Å²) in [6.07, 6.45) is 2.09. The van der Waals surface area contributed by atoms with Gasteiger partial charge in [-0.3, -0.25) is 19.8 Å². The SMILES string of the molecule is CC(NCCN1C(=O)c2ccccc2C1=O)Oc1cccc2c1SCCC2. The van der Waals surface area contributed by atoms with Crippen LogP contribution in [0.15, 0.2) is 47.4 Å². The zero-order chi connectivity index (χ0) is 18.8. The Kier molecular flexibility index (Phi) is 5.18. The number of aryl methyl sites for hydroxylation is 1. The van der Waals surface area contributed by atoms with Crippen molar-refractivity contribution >= 4 is 23.6 Å². The summed E-state index contributed by atoms with van der Waals surface area (Å²) in [5.41, 5.74) is 2.32. The van der Waals surface area contributed by atoms with Crippen molar-refractivity contribution in [3.8, 4) is 5.75 Å². The zero-order valence-corrected chi connectivity index (χ0v) is 16.1. The van der Waals surface area contributed by atoms with Crippen LogP contribution in [0, 0.1) is 0 Å². The Morgan fingerprint density at radius 1 is 1.11 bits per heavy atom. The van der Waals surface area contributed by atoms with E-state index in [1.54, 1.807) is 24.3 Å². The number of benzene rings is 2. The predicted octanol–water partition coefficient (Wildman–Crippen LogP) is 3.34. The summed E-state index contributed by atoms with van der Waals surface area (Å²) in [7, 11) is 0. The maximum absolute atomic E-state index is 12.4. The van der Waals surface area contributed by atoms with Crippen molar-refractivity contribution in [3.05, 3.63) is 59.2 Å². The van der Waals surface area contributed by atoms with Crippen molar-refractivity contribution in [2.24, 2.45) is 0 Å². The monoisotopic (exact) mass is 382 g/mol. The normalized spacial score (nSPS) is 16.9. The lowest BCUT2D eigenvalue weighted by Crippen LogP contribution is -2.40. The Labute approximate surface area is 163 Å². The Bertz CT molecular complexity index is 848. The number of ether oxygens (including phenoxy) is 1. The molecule has 1 N–H and O–H groups in total. The van der Waals surface area contributed by atoms with Gasteiger partial charge >= 0.3 is 0 Å². The van der Waals surface area contributed by atoms with Crippen molar-refractivity contribution in [1.82, 2.24) is 10.2 Å². The van der Waals surface area contributed by atoms with Crippen molar-refractivity contribution in [1.29, 1.82) is 0 Å². The average molecular weight is 382 g/mol. The van der Waals surface area contributed by atoms with E-state index in [9.17, 15) is 9.59 Å². The lowest BCUT2D eigenvalue weighted by atomic mass is 10.1. The van der Waals surface area contributed by atoms with Gasteiger partial charge in [0.25, 0.3) is 11.8 Å². The van der Waals surface area contributed by atoms with Gasteiger partial charge in [-0.05, 0) is 49.3 Å². The molecule has 0 bridgehead atoms. The summed E-state index contributed by atoms with van der Waals surface area (Å²) in [5.74, 6) is 1.58. The van der Waals surface area contributed by atoms with Gasteiger partial charge in [0, 0.05) is 13.1 Å². The highest BCUT2D eigenvalue weighted by Gasteiger charge is 2.34. The van der Waals surface area contributed by atoms with Gasteiger partial charge in [-0.25, -0.2) is 0 Å². The van der Waals surface area contributed by atoms with Crippen LogP contribution >= 0.6 is 11.8 Å². The van der Waals surface area contributed by atoms with Gasteiger partial charge in [-0.2, -0.15) is 0 Å². The van der Waals surface area contributed by atoms with E-state index in [2.05, 4.69) is 11.4 Å². The smallest absolute Gasteiger partial charge is 0.261 e. The minimum atomic E-state index is -0.223. The van der Waals surface area contributed by atoms with Crippen molar-refractivity contribution in [3.63, 3.8) is 0 Å². The number of carbonyl (C=O) groups excluding carboxylic acids is 2. The van der Waals surface area contributed by atoms with Crippen molar-refractivity contribution < 1.29 is 14.3 Å². The summed E-state index contributed by atoms with van der Waals surface area (Å²) < 4.78 is 6.07. The first-order valence-corrected chi connectivity index (χ1v) is 10.2. The summed E-state index contributed by atoms with van der Waals surface area (Å²) in [6, 6.07) is 13.1. The van der Waals surface area contributed by atoms with Gasteiger partial charge in [0.1, 0.15) is 12.0 Å². The Morgan fingerprint density at radius 2 is 1.85 bits per heavy atom. The molecule has 1 atom stereocenters.